The standard InChI is InChI=1S/C13H15BrFNO2/c1-13(2)10(6-11(13)17)16-12(18)7-3-4-9(15)8(14)5-7/h3-5,10-11,17H,6H2,1-2H3,(H,16,18). The molecule has 1 aliphatic carbocycles. The molecule has 2 rings (SSSR count). The molecule has 0 aliphatic heterocycles. The van der Waals surface area contributed by atoms with E-state index < -0.39 is 5.82 Å². The smallest absolute Gasteiger partial charge is 0.251 e. The minimum absolute atomic E-state index is 0.0520. The molecule has 18 heavy (non-hydrogen) atoms. The topological polar surface area (TPSA) is 49.3 Å². The largest absolute Gasteiger partial charge is 0.392 e. The third kappa shape index (κ3) is 2.29. The lowest BCUT2D eigenvalue weighted by Crippen LogP contribution is -2.61. The molecule has 0 aromatic heterocycles. The van der Waals surface area contributed by atoms with Crippen molar-refractivity contribution in [2.24, 2.45) is 5.41 Å². The van der Waals surface area contributed by atoms with Crippen LogP contribution in [0.15, 0.2) is 22.7 Å². The highest BCUT2D eigenvalue weighted by molar-refractivity contribution is 9.10. The van der Waals surface area contributed by atoms with Crippen LogP contribution in [0.1, 0.15) is 30.6 Å². The third-order valence-electron chi connectivity index (χ3n) is 3.70. The van der Waals surface area contributed by atoms with Crippen LogP contribution in [-0.4, -0.2) is 23.2 Å². The van der Waals surface area contributed by atoms with Gasteiger partial charge in [0.15, 0.2) is 0 Å². The van der Waals surface area contributed by atoms with Gasteiger partial charge in [-0.05, 0) is 40.5 Å². The first-order valence-corrected chi connectivity index (χ1v) is 6.55. The quantitative estimate of drug-likeness (QED) is 0.881. The summed E-state index contributed by atoms with van der Waals surface area (Å²) in [5.41, 5.74) is 0.0906. The van der Waals surface area contributed by atoms with Gasteiger partial charge in [0.2, 0.25) is 0 Å². The Balaban J connectivity index is 2.07. The molecule has 5 heteroatoms. The van der Waals surface area contributed by atoms with Crippen molar-refractivity contribution in [3.05, 3.63) is 34.1 Å². The molecule has 3 nitrogen and oxygen atoms in total. The van der Waals surface area contributed by atoms with E-state index in [-0.39, 0.29) is 27.9 Å². The number of carbonyl (C=O) groups excluding carboxylic acids is 1. The molecule has 1 aliphatic rings. The molecular weight excluding hydrogens is 301 g/mol. The van der Waals surface area contributed by atoms with E-state index in [1.807, 2.05) is 13.8 Å². The average Bonchev–Trinajstić information content (AvgIpc) is 2.32. The molecule has 2 atom stereocenters. The second kappa shape index (κ2) is 4.63. The zero-order chi connectivity index (χ0) is 13.5. The first-order chi connectivity index (χ1) is 8.32. The summed E-state index contributed by atoms with van der Waals surface area (Å²) in [4.78, 5) is 12.0. The summed E-state index contributed by atoms with van der Waals surface area (Å²) in [6.45, 7) is 3.82. The first kappa shape index (κ1) is 13.5. The summed E-state index contributed by atoms with van der Waals surface area (Å²) in [6.07, 6.45) is 0.170. The van der Waals surface area contributed by atoms with Crippen LogP contribution in [0.5, 0.6) is 0 Å². The SMILES string of the molecule is CC1(C)C(O)CC1NC(=O)c1ccc(F)c(Br)c1. The minimum atomic E-state index is -0.397. The van der Waals surface area contributed by atoms with Crippen LogP contribution in [0.25, 0.3) is 0 Å². The molecular formula is C13H15BrFNO2. The third-order valence-corrected chi connectivity index (χ3v) is 4.31. The van der Waals surface area contributed by atoms with Crippen molar-refractivity contribution < 1.29 is 14.3 Å². The summed E-state index contributed by atoms with van der Waals surface area (Å²) in [5, 5.41) is 12.5. The van der Waals surface area contributed by atoms with Crippen LogP contribution >= 0.6 is 15.9 Å². The van der Waals surface area contributed by atoms with E-state index in [9.17, 15) is 14.3 Å². The van der Waals surface area contributed by atoms with Crippen LogP contribution < -0.4 is 5.32 Å². The number of benzene rings is 1. The van der Waals surface area contributed by atoms with Gasteiger partial charge in [-0.3, -0.25) is 4.79 Å². The number of hydrogen-bond donors (Lipinski definition) is 2. The van der Waals surface area contributed by atoms with Gasteiger partial charge >= 0.3 is 0 Å². The molecule has 1 fully saturated rings. The van der Waals surface area contributed by atoms with Crippen molar-refractivity contribution >= 4 is 21.8 Å². The summed E-state index contributed by atoms with van der Waals surface area (Å²) >= 11 is 3.05. The first-order valence-electron chi connectivity index (χ1n) is 5.76. The van der Waals surface area contributed by atoms with Crippen LogP contribution in [-0.2, 0) is 0 Å². The molecule has 0 spiro atoms. The Hall–Kier alpha value is -0.940. The molecule has 1 amide bonds. The monoisotopic (exact) mass is 315 g/mol. The lowest BCUT2D eigenvalue weighted by molar-refractivity contribution is -0.0689. The van der Waals surface area contributed by atoms with Crippen molar-refractivity contribution in [3.8, 4) is 0 Å². The highest BCUT2D eigenvalue weighted by atomic mass is 79.9. The minimum Gasteiger partial charge on any atom is -0.392 e. The van der Waals surface area contributed by atoms with Crippen LogP contribution in [0, 0.1) is 11.2 Å². The molecule has 98 valence electrons. The summed E-state index contributed by atoms with van der Waals surface area (Å²) in [7, 11) is 0. The van der Waals surface area contributed by atoms with Gasteiger partial charge in [-0.1, -0.05) is 13.8 Å². The predicted molar refractivity (Wildman–Crippen MR) is 69.8 cm³/mol. The molecule has 0 saturated heterocycles. The van der Waals surface area contributed by atoms with Crippen molar-refractivity contribution in [2.75, 3.05) is 0 Å². The van der Waals surface area contributed by atoms with Crippen LogP contribution in [0.4, 0.5) is 4.39 Å². The van der Waals surface area contributed by atoms with E-state index in [4.69, 9.17) is 0 Å². The fourth-order valence-electron chi connectivity index (χ4n) is 2.03. The van der Waals surface area contributed by atoms with Gasteiger partial charge in [-0.2, -0.15) is 0 Å². The molecule has 0 heterocycles. The maximum Gasteiger partial charge on any atom is 0.251 e. The molecule has 2 unspecified atom stereocenters. The Kier molecular flexibility index (Phi) is 3.47. The molecule has 1 saturated carbocycles. The van der Waals surface area contributed by atoms with E-state index in [1.165, 1.54) is 18.2 Å². The Bertz CT molecular complexity index is 490. The number of amides is 1. The van der Waals surface area contributed by atoms with Crippen molar-refractivity contribution in [3.63, 3.8) is 0 Å². The Morgan fingerprint density at radius 3 is 2.72 bits per heavy atom. The molecule has 1 aromatic rings. The maximum atomic E-state index is 13.1. The maximum absolute atomic E-state index is 13.1. The molecule has 2 N–H and O–H groups in total. The Morgan fingerprint density at radius 1 is 1.56 bits per heavy atom. The number of carbonyl (C=O) groups is 1. The molecule has 0 radical (unpaired) electrons. The van der Waals surface area contributed by atoms with E-state index in [2.05, 4.69) is 21.2 Å². The zero-order valence-electron chi connectivity index (χ0n) is 10.2. The predicted octanol–water partition coefficient (Wildman–Crippen LogP) is 2.48. The van der Waals surface area contributed by atoms with Gasteiger partial charge in [0.1, 0.15) is 5.82 Å². The summed E-state index contributed by atoms with van der Waals surface area (Å²) in [5.74, 6) is -0.647. The van der Waals surface area contributed by atoms with Crippen molar-refractivity contribution in [2.45, 2.75) is 32.4 Å². The van der Waals surface area contributed by atoms with E-state index in [0.29, 0.717) is 12.0 Å². The molecule has 0 bridgehead atoms. The molecule has 1 aromatic carbocycles. The van der Waals surface area contributed by atoms with Gasteiger partial charge in [0.05, 0.1) is 10.6 Å². The number of aliphatic hydroxyl groups is 1. The van der Waals surface area contributed by atoms with E-state index >= 15 is 0 Å². The number of hydrogen-bond acceptors (Lipinski definition) is 2. The van der Waals surface area contributed by atoms with Gasteiger partial charge in [0.25, 0.3) is 5.91 Å². The number of aliphatic hydroxyl groups excluding tert-OH is 1. The normalized spacial score (nSPS) is 25.4. The summed E-state index contributed by atoms with van der Waals surface area (Å²) in [6, 6.07) is 4.09. The highest BCUT2D eigenvalue weighted by Gasteiger charge is 2.47. The van der Waals surface area contributed by atoms with E-state index in [1.54, 1.807) is 0 Å². The van der Waals surface area contributed by atoms with Gasteiger partial charge in [0, 0.05) is 17.0 Å². The Morgan fingerprint density at radius 2 is 2.22 bits per heavy atom. The van der Waals surface area contributed by atoms with Crippen LogP contribution in [0.2, 0.25) is 0 Å². The Labute approximate surface area is 114 Å². The number of rotatable bonds is 2. The highest BCUT2D eigenvalue weighted by Crippen LogP contribution is 2.40. The summed E-state index contributed by atoms with van der Waals surface area (Å²) < 4.78 is 13.3. The fourth-order valence-corrected chi connectivity index (χ4v) is 2.41. The number of halogens is 2. The second-order valence-electron chi connectivity index (χ2n) is 5.23. The lowest BCUT2D eigenvalue weighted by atomic mass is 9.64. The second-order valence-corrected chi connectivity index (χ2v) is 6.08. The van der Waals surface area contributed by atoms with Crippen molar-refractivity contribution in [1.29, 1.82) is 0 Å². The zero-order valence-corrected chi connectivity index (χ0v) is 11.8. The fraction of sp³-hybridized carbons (Fsp3) is 0.462. The van der Waals surface area contributed by atoms with Crippen LogP contribution in [0.3, 0.4) is 0 Å². The van der Waals surface area contributed by atoms with E-state index in [0.717, 1.165) is 0 Å². The van der Waals surface area contributed by atoms with Gasteiger partial charge in [-0.15, -0.1) is 0 Å². The van der Waals surface area contributed by atoms with Gasteiger partial charge < -0.3 is 10.4 Å². The lowest BCUT2D eigenvalue weighted by Gasteiger charge is -2.49. The van der Waals surface area contributed by atoms with Crippen molar-refractivity contribution in [1.82, 2.24) is 5.32 Å². The van der Waals surface area contributed by atoms with Gasteiger partial charge in [-0.25, -0.2) is 4.39 Å². The average molecular weight is 316 g/mol. The number of nitrogens with one attached hydrogen (secondary N) is 1.